The number of carbonyl (C=O) groups is 2. The summed E-state index contributed by atoms with van der Waals surface area (Å²) < 4.78 is 1.73. The highest BCUT2D eigenvalue weighted by atomic mass is 35.5. The summed E-state index contributed by atoms with van der Waals surface area (Å²) in [5.74, 6) is -0.665. The van der Waals surface area contributed by atoms with E-state index in [1.165, 1.54) is 6.33 Å². The average molecular weight is 400 g/mol. The molecule has 0 radical (unpaired) electrons. The van der Waals surface area contributed by atoms with Gasteiger partial charge in [0.05, 0.1) is 6.04 Å². The number of fused-ring (bicyclic) bond motifs is 1. The van der Waals surface area contributed by atoms with Gasteiger partial charge in [-0.05, 0) is 50.5 Å². The molecule has 0 aliphatic rings. The van der Waals surface area contributed by atoms with Crippen molar-refractivity contribution in [3.63, 3.8) is 0 Å². The fraction of sp³-hybridized carbons (Fsp3) is 0.300. The number of halogens is 1. The Labute approximate surface area is 167 Å². The van der Waals surface area contributed by atoms with Gasteiger partial charge >= 0.3 is 0 Å². The fourth-order valence-electron chi connectivity index (χ4n) is 3.25. The minimum Gasteiger partial charge on any atom is -0.364 e. The molecule has 146 valence electrons. The monoisotopic (exact) mass is 399 g/mol. The predicted molar refractivity (Wildman–Crippen MR) is 107 cm³/mol. The molecule has 7 nitrogen and oxygen atoms in total. The number of nitrogens with zero attached hydrogens (tertiary/aromatic N) is 3. The summed E-state index contributed by atoms with van der Waals surface area (Å²) in [7, 11) is 0. The van der Waals surface area contributed by atoms with E-state index in [0.717, 1.165) is 22.5 Å². The number of nitrogens with two attached hydrogens (primary N) is 1. The smallest absolute Gasteiger partial charge is 0.271 e. The second-order valence-corrected chi connectivity index (χ2v) is 7.19. The molecule has 0 aliphatic carbocycles. The van der Waals surface area contributed by atoms with Gasteiger partial charge in [0.1, 0.15) is 6.33 Å². The number of primary amides is 1. The summed E-state index contributed by atoms with van der Waals surface area (Å²) in [4.78, 5) is 32.4. The minimum absolute atomic E-state index is 0.0511. The summed E-state index contributed by atoms with van der Waals surface area (Å²) in [5, 5.41) is 3.66. The highest BCUT2D eigenvalue weighted by Crippen LogP contribution is 2.19. The van der Waals surface area contributed by atoms with Crippen molar-refractivity contribution < 1.29 is 9.59 Å². The second-order valence-electron chi connectivity index (χ2n) is 6.75. The number of benzene rings is 1. The Morgan fingerprint density at radius 2 is 1.93 bits per heavy atom. The van der Waals surface area contributed by atoms with Crippen LogP contribution in [0.2, 0.25) is 5.02 Å². The molecule has 8 heteroatoms. The van der Waals surface area contributed by atoms with E-state index < -0.39 is 5.91 Å². The molecule has 0 fully saturated rings. The zero-order chi connectivity index (χ0) is 20.4. The van der Waals surface area contributed by atoms with Gasteiger partial charge in [-0.15, -0.1) is 0 Å². The van der Waals surface area contributed by atoms with Crippen molar-refractivity contribution in [3.8, 4) is 0 Å². The molecule has 2 aromatic heterocycles. The molecule has 3 aromatic rings. The third-order valence-corrected chi connectivity index (χ3v) is 5.09. The summed E-state index contributed by atoms with van der Waals surface area (Å²) in [6.45, 7) is 5.70. The zero-order valence-corrected chi connectivity index (χ0v) is 16.7. The van der Waals surface area contributed by atoms with E-state index in [0.29, 0.717) is 23.5 Å². The molecule has 2 heterocycles. The van der Waals surface area contributed by atoms with E-state index in [9.17, 15) is 9.59 Å². The highest BCUT2D eigenvalue weighted by molar-refractivity contribution is 6.30. The Kier molecular flexibility index (Phi) is 5.65. The van der Waals surface area contributed by atoms with Crippen molar-refractivity contribution in [2.45, 2.75) is 39.7 Å². The molecule has 0 saturated heterocycles. The standard InChI is InChI=1S/C20H22ClN5O2/c1-11(14-4-6-15(21)7-5-14)24-17(27)9-8-16-12(2)25-20-18(19(22)28)23-10-26(20)13(16)3/h4-7,10-11H,8-9H2,1-3H3,(H2,22,28)(H,24,27)/t11-/m0/s1. The van der Waals surface area contributed by atoms with Crippen molar-refractivity contribution in [1.82, 2.24) is 19.7 Å². The molecule has 0 bridgehead atoms. The van der Waals surface area contributed by atoms with Gasteiger partial charge in [0.25, 0.3) is 5.91 Å². The molecule has 0 spiro atoms. The Hall–Kier alpha value is -2.93. The Balaban J connectivity index is 1.71. The van der Waals surface area contributed by atoms with Crippen molar-refractivity contribution in [2.75, 3.05) is 0 Å². The summed E-state index contributed by atoms with van der Waals surface area (Å²) in [5.41, 5.74) is 9.52. The van der Waals surface area contributed by atoms with Crippen LogP contribution >= 0.6 is 11.6 Å². The predicted octanol–water partition coefficient (Wildman–Crippen LogP) is 2.91. The fourth-order valence-corrected chi connectivity index (χ4v) is 3.38. The number of amides is 2. The van der Waals surface area contributed by atoms with E-state index in [2.05, 4.69) is 15.3 Å². The van der Waals surface area contributed by atoms with Crippen LogP contribution < -0.4 is 11.1 Å². The first kappa shape index (κ1) is 19.8. The molecule has 0 saturated carbocycles. The summed E-state index contributed by atoms with van der Waals surface area (Å²) in [6.07, 6.45) is 2.39. The number of aromatic nitrogens is 3. The maximum atomic E-state index is 12.4. The lowest BCUT2D eigenvalue weighted by molar-refractivity contribution is -0.121. The maximum absolute atomic E-state index is 12.4. The zero-order valence-electron chi connectivity index (χ0n) is 16.0. The van der Waals surface area contributed by atoms with Crippen LogP contribution in [0.3, 0.4) is 0 Å². The van der Waals surface area contributed by atoms with Crippen molar-refractivity contribution in [3.05, 3.63) is 63.8 Å². The van der Waals surface area contributed by atoms with Gasteiger partial charge in [0.15, 0.2) is 11.3 Å². The van der Waals surface area contributed by atoms with Crippen LogP contribution in [0.5, 0.6) is 0 Å². The second kappa shape index (κ2) is 7.98. The third-order valence-electron chi connectivity index (χ3n) is 4.83. The Morgan fingerprint density at radius 1 is 1.25 bits per heavy atom. The van der Waals surface area contributed by atoms with Crippen molar-refractivity contribution in [2.24, 2.45) is 5.73 Å². The topological polar surface area (TPSA) is 102 Å². The van der Waals surface area contributed by atoms with Crippen molar-refractivity contribution >= 4 is 29.1 Å². The average Bonchev–Trinajstić information content (AvgIpc) is 3.06. The quantitative estimate of drug-likeness (QED) is 0.665. The van der Waals surface area contributed by atoms with Gasteiger partial charge in [0.2, 0.25) is 5.91 Å². The number of hydrogen-bond acceptors (Lipinski definition) is 4. The van der Waals surface area contributed by atoms with Crippen LogP contribution in [0.15, 0.2) is 30.6 Å². The van der Waals surface area contributed by atoms with Gasteiger partial charge < -0.3 is 11.1 Å². The molecule has 1 atom stereocenters. The number of imidazole rings is 1. The molecule has 0 unspecified atom stereocenters. The van der Waals surface area contributed by atoms with Crippen LogP contribution in [0.4, 0.5) is 0 Å². The summed E-state index contributed by atoms with van der Waals surface area (Å²) >= 11 is 5.90. The van der Waals surface area contributed by atoms with E-state index >= 15 is 0 Å². The van der Waals surface area contributed by atoms with Gasteiger partial charge in [-0.25, -0.2) is 9.97 Å². The van der Waals surface area contributed by atoms with Crippen LogP contribution in [0.1, 0.15) is 52.4 Å². The van der Waals surface area contributed by atoms with Gasteiger partial charge in [0, 0.05) is 22.8 Å². The van der Waals surface area contributed by atoms with E-state index in [1.807, 2.05) is 32.9 Å². The van der Waals surface area contributed by atoms with E-state index in [4.69, 9.17) is 17.3 Å². The lowest BCUT2D eigenvalue weighted by Crippen LogP contribution is -2.27. The Bertz CT molecular complexity index is 1040. The minimum atomic E-state index is -0.614. The third kappa shape index (κ3) is 3.99. The maximum Gasteiger partial charge on any atom is 0.271 e. The van der Waals surface area contributed by atoms with E-state index in [-0.39, 0.29) is 17.6 Å². The molecule has 2 amide bonds. The molecular formula is C20H22ClN5O2. The van der Waals surface area contributed by atoms with Crippen LogP contribution in [-0.2, 0) is 11.2 Å². The molecule has 28 heavy (non-hydrogen) atoms. The largest absolute Gasteiger partial charge is 0.364 e. The highest BCUT2D eigenvalue weighted by Gasteiger charge is 2.17. The van der Waals surface area contributed by atoms with Gasteiger partial charge in [-0.2, -0.15) is 0 Å². The SMILES string of the molecule is Cc1nc2c(C(N)=O)ncn2c(C)c1CCC(=O)N[C@@H](C)c1ccc(Cl)cc1. The first-order chi connectivity index (χ1) is 13.3. The number of aryl methyl sites for hydroxylation is 2. The molecule has 3 N–H and O–H groups in total. The number of rotatable bonds is 6. The van der Waals surface area contributed by atoms with Crippen molar-refractivity contribution in [1.29, 1.82) is 0 Å². The lowest BCUT2D eigenvalue weighted by atomic mass is 10.0. The molecular weight excluding hydrogens is 378 g/mol. The molecule has 1 aromatic carbocycles. The van der Waals surface area contributed by atoms with Crippen LogP contribution in [-0.4, -0.2) is 26.2 Å². The summed E-state index contributed by atoms with van der Waals surface area (Å²) in [6, 6.07) is 7.29. The van der Waals surface area contributed by atoms with E-state index in [1.54, 1.807) is 16.5 Å². The Morgan fingerprint density at radius 3 is 2.57 bits per heavy atom. The first-order valence-electron chi connectivity index (χ1n) is 8.95. The van der Waals surface area contributed by atoms with Crippen LogP contribution in [0, 0.1) is 13.8 Å². The van der Waals surface area contributed by atoms with Gasteiger partial charge in [-0.1, -0.05) is 23.7 Å². The number of carbonyl (C=O) groups excluding carboxylic acids is 2. The molecule has 0 aliphatic heterocycles. The number of hydrogen-bond donors (Lipinski definition) is 2. The molecule has 3 rings (SSSR count). The number of nitrogens with one attached hydrogen (secondary N) is 1. The van der Waals surface area contributed by atoms with Gasteiger partial charge in [-0.3, -0.25) is 14.0 Å². The first-order valence-corrected chi connectivity index (χ1v) is 9.33. The lowest BCUT2D eigenvalue weighted by Gasteiger charge is -2.15. The van der Waals surface area contributed by atoms with Crippen LogP contribution in [0.25, 0.3) is 5.65 Å². The normalized spacial score (nSPS) is 12.1.